The molecule has 3 heterocycles. The molecule has 0 atom stereocenters. The number of hydrogen-bond acceptors (Lipinski definition) is 6. The summed E-state index contributed by atoms with van der Waals surface area (Å²) in [6.45, 7) is 0. The highest BCUT2D eigenvalue weighted by atomic mass is 16.5. The smallest absolute Gasteiger partial charge is 0.337 e. The number of nitrogens with zero attached hydrogens (tertiary/aromatic N) is 1. The number of para-hydroxylation sites is 3. The standard InChI is InChI=1S/C10H10N2O2.C10H8N2O.C10H9NO3/c1-14-8-4-2-3-6-7(10(11)13)5-12-9(6)8;1-13-9-4-2-3-8-7(5-11)6-12-10(8)9;1-14-8-4-2-3-6-7(10(12)13)5-11-9(6)8/h2-5,12H,1H3,(H2,11,13);2-4,6,12H,1H3;2-5,11H,1H3,(H,12,13). The molecule has 0 unspecified atom stereocenters. The molecule has 0 saturated carbocycles. The molecule has 6 N–H and O–H groups in total. The number of aromatic nitrogens is 3. The Bertz CT molecular complexity index is 1800. The summed E-state index contributed by atoms with van der Waals surface area (Å²) in [6.07, 6.45) is 4.75. The lowest BCUT2D eigenvalue weighted by atomic mass is 10.1. The molecule has 6 rings (SSSR count). The topological polar surface area (TPSA) is 179 Å². The minimum absolute atomic E-state index is 0.263. The van der Waals surface area contributed by atoms with Crippen molar-refractivity contribution in [3.05, 3.63) is 89.9 Å². The molecule has 0 aliphatic rings. The van der Waals surface area contributed by atoms with Gasteiger partial charge in [-0.15, -0.1) is 0 Å². The largest absolute Gasteiger partial charge is 0.495 e. The van der Waals surface area contributed by atoms with Gasteiger partial charge in [0.15, 0.2) is 0 Å². The van der Waals surface area contributed by atoms with Gasteiger partial charge in [-0.2, -0.15) is 5.26 Å². The summed E-state index contributed by atoms with van der Waals surface area (Å²) in [5.41, 5.74) is 9.00. The maximum absolute atomic E-state index is 11.0. The van der Waals surface area contributed by atoms with Crippen LogP contribution in [-0.2, 0) is 0 Å². The van der Waals surface area contributed by atoms with Gasteiger partial charge in [-0.05, 0) is 18.2 Å². The van der Waals surface area contributed by atoms with Gasteiger partial charge in [0.25, 0.3) is 5.91 Å². The molecule has 3 aromatic carbocycles. The second-order valence-corrected chi connectivity index (χ2v) is 8.54. The van der Waals surface area contributed by atoms with Gasteiger partial charge in [-0.25, -0.2) is 4.79 Å². The third kappa shape index (κ3) is 5.62. The number of nitrogens with one attached hydrogen (secondary N) is 3. The van der Waals surface area contributed by atoms with Crippen LogP contribution in [0.2, 0.25) is 0 Å². The summed E-state index contributed by atoms with van der Waals surface area (Å²) in [4.78, 5) is 30.7. The number of methoxy groups -OCH3 is 3. The Kier molecular flexibility index (Phi) is 8.45. The van der Waals surface area contributed by atoms with Crippen molar-refractivity contribution in [2.45, 2.75) is 0 Å². The average molecular weight is 554 g/mol. The van der Waals surface area contributed by atoms with Crippen molar-refractivity contribution < 1.29 is 28.9 Å². The minimum Gasteiger partial charge on any atom is -0.495 e. The Morgan fingerprint density at radius 1 is 0.707 bits per heavy atom. The maximum Gasteiger partial charge on any atom is 0.337 e. The van der Waals surface area contributed by atoms with E-state index in [9.17, 15) is 9.59 Å². The second-order valence-electron chi connectivity index (χ2n) is 8.54. The highest BCUT2D eigenvalue weighted by Gasteiger charge is 2.13. The van der Waals surface area contributed by atoms with Crippen molar-refractivity contribution in [1.82, 2.24) is 15.0 Å². The van der Waals surface area contributed by atoms with Gasteiger partial charge in [-0.1, -0.05) is 36.4 Å². The number of hydrogen-bond donors (Lipinski definition) is 5. The molecular weight excluding hydrogens is 526 g/mol. The molecule has 11 nitrogen and oxygen atoms in total. The highest BCUT2D eigenvalue weighted by Crippen LogP contribution is 2.28. The Hall–Kier alpha value is -5.89. The number of nitriles is 1. The molecule has 0 radical (unpaired) electrons. The first kappa shape index (κ1) is 28.1. The van der Waals surface area contributed by atoms with E-state index in [1.807, 2.05) is 36.4 Å². The first-order chi connectivity index (χ1) is 19.8. The van der Waals surface area contributed by atoms with Gasteiger partial charge in [0.1, 0.15) is 23.3 Å². The molecule has 0 saturated heterocycles. The van der Waals surface area contributed by atoms with E-state index in [1.165, 1.54) is 6.20 Å². The van der Waals surface area contributed by atoms with Gasteiger partial charge in [0, 0.05) is 34.7 Å². The fourth-order valence-electron chi connectivity index (χ4n) is 4.36. The summed E-state index contributed by atoms with van der Waals surface area (Å²) in [5.74, 6) is 0.734. The molecule has 1 amide bonds. The predicted molar refractivity (Wildman–Crippen MR) is 155 cm³/mol. The van der Waals surface area contributed by atoms with Crippen LogP contribution in [-0.4, -0.2) is 53.3 Å². The summed E-state index contributed by atoms with van der Waals surface area (Å²) in [5, 5.41) is 20.0. The van der Waals surface area contributed by atoms with E-state index in [2.05, 4.69) is 21.0 Å². The zero-order valence-corrected chi connectivity index (χ0v) is 22.4. The number of carbonyl (C=O) groups is 2. The fourth-order valence-corrected chi connectivity index (χ4v) is 4.36. The van der Waals surface area contributed by atoms with E-state index in [0.29, 0.717) is 33.5 Å². The Balaban J connectivity index is 0.000000142. The number of primary amides is 1. The van der Waals surface area contributed by atoms with Crippen molar-refractivity contribution in [2.24, 2.45) is 5.73 Å². The van der Waals surface area contributed by atoms with E-state index >= 15 is 0 Å². The normalized spacial score (nSPS) is 10.2. The lowest BCUT2D eigenvalue weighted by Crippen LogP contribution is -2.09. The van der Waals surface area contributed by atoms with E-state index in [-0.39, 0.29) is 5.56 Å². The molecule has 3 aromatic heterocycles. The lowest BCUT2D eigenvalue weighted by Gasteiger charge is -2.00. The average Bonchev–Trinajstić information content (AvgIpc) is 3.73. The monoisotopic (exact) mass is 553 g/mol. The van der Waals surface area contributed by atoms with Crippen molar-refractivity contribution in [1.29, 1.82) is 5.26 Å². The van der Waals surface area contributed by atoms with Gasteiger partial charge in [0.05, 0.1) is 54.6 Å². The molecule has 0 aliphatic carbocycles. The minimum atomic E-state index is -0.940. The third-order valence-electron chi connectivity index (χ3n) is 6.31. The number of benzene rings is 3. The van der Waals surface area contributed by atoms with E-state index in [0.717, 1.165) is 27.6 Å². The maximum atomic E-state index is 11.0. The Morgan fingerprint density at radius 2 is 1.12 bits per heavy atom. The van der Waals surface area contributed by atoms with Gasteiger partial charge in [0.2, 0.25) is 0 Å². The predicted octanol–water partition coefficient (Wildman–Crippen LogP) is 5.20. The number of fused-ring (bicyclic) bond motifs is 3. The first-order valence-corrected chi connectivity index (χ1v) is 12.2. The van der Waals surface area contributed by atoms with E-state index < -0.39 is 11.9 Å². The summed E-state index contributed by atoms with van der Waals surface area (Å²) in [6, 6.07) is 18.5. The molecule has 11 heteroatoms. The SMILES string of the molecule is COc1cccc2c(C#N)c[nH]c12.COc1cccc2c(C(=O)O)c[nH]c12.COc1cccc2c(C(N)=O)c[nH]c12. The molecule has 0 fully saturated rings. The molecule has 208 valence electrons. The lowest BCUT2D eigenvalue weighted by molar-refractivity contribution is 0.0698. The van der Waals surface area contributed by atoms with Gasteiger partial charge < -0.3 is 40.0 Å². The molecular formula is C30H27N5O6. The quantitative estimate of drug-likeness (QED) is 0.195. The number of aromatic amines is 3. The highest BCUT2D eigenvalue weighted by molar-refractivity contribution is 6.07. The molecule has 0 spiro atoms. The number of aromatic carboxylic acids is 1. The number of carboxylic acids is 1. The first-order valence-electron chi connectivity index (χ1n) is 12.2. The summed E-state index contributed by atoms with van der Waals surface area (Å²) in [7, 11) is 4.75. The van der Waals surface area contributed by atoms with Crippen LogP contribution in [0.15, 0.2) is 73.2 Å². The molecule has 6 aromatic rings. The Labute approximate surface area is 234 Å². The van der Waals surface area contributed by atoms with Crippen LogP contribution < -0.4 is 19.9 Å². The van der Waals surface area contributed by atoms with Crippen LogP contribution in [0, 0.1) is 11.3 Å². The number of nitrogens with two attached hydrogens (primary N) is 1. The zero-order valence-electron chi connectivity index (χ0n) is 22.4. The van der Waals surface area contributed by atoms with Crippen molar-refractivity contribution in [3.8, 4) is 23.3 Å². The van der Waals surface area contributed by atoms with Gasteiger partial charge >= 0.3 is 5.97 Å². The number of rotatable bonds is 5. The summed E-state index contributed by atoms with van der Waals surface area (Å²) >= 11 is 0. The summed E-state index contributed by atoms with van der Waals surface area (Å²) < 4.78 is 15.4. The third-order valence-corrected chi connectivity index (χ3v) is 6.31. The van der Waals surface area contributed by atoms with Crippen LogP contribution in [0.5, 0.6) is 17.2 Å². The molecule has 0 aliphatic heterocycles. The molecule has 41 heavy (non-hydrogen) atoms. The van der Waals surface area contributed by atoms with Crippen LogP contribution in [0.3, 0.4) is 0 Å². The fraction of sp³-hybridized carbons (Fsp3) is 0.100. The van der Waals surface area contributed by atoms with E-state index in [1.54, 1.807) is 51.9 Å². The number of H-pyrrole nitrogens is 3. The van der Waals surface area contributed by atoms with Crippen molar-refractivity contribution >= 4 is 44.6 Å². The second kappa shape index (κ2) is 12.3. The van der Waals surface area contributed by atoms with Crippen LogP contribution in [0.25, 0.3) is 32.7 Å². The number of ether oxygens (including phenoxy) is 3. The van der Waals surface area contributed by atoms with Crippen LogP contribution in [0.4, 0.5) is 0 Å². The van der Waals surface area contributed by atoms with Gasteiger partial charge in [-0.3, -0.25) is 4.79 Å². The van der Waals surface area contributed by atoms with Crippen LogP contribution in [0.1, 0.15) is 26.3 Å². The van der Waals surface area contributed by atoms with Crippen molar-refractivity contribution in [3.63, 3.8) is 0 Å². The van der Waals surface area contributed by atoms with E-state index in [4.69, 9.17) is 30.3 Å². The van der Waals surface area contributed by atoms with Crippen LogP contribution >= 0.6 is 0 Å². The molecule has 0 bridgehead atoms. The van der Waals surface area contributed by atoms with Crippen molar-refractivity contribution in [2.75, 3.05) is 21.3 Å². The number of carboxylic acid groups (broad SMARTS) is 1. The Morgan fingerprint density at radius 3 is 1.56 bits per heavy atom. The number of amides is 1. The number of carbonyl (C=O) groups excluding carboxylic acids is 1. The zero-order chi connectivity index (χ0) is 29.5.